The topological polar surface area (TPSA) is 69.6 Å². The molecule has 0 radical (unpaired) electrons. The van der Waals surface area contributed by atoms with Crippen LogP contribution in [0.25, 0.3) is 0 Å². The van der Waals surface area contributed by atoms with Crippen molar-refractivity contribution < 1.29 is 14.7 Å². The summed E-state index contributed by atoms with van der Waals surface area (Å²) < 4.78 is 0. The summed E-state index contributed by atoms with van der Waals surface area (Å²) in [5.74, 6) is 2.41. The Morgan fingerprint density at radius 2 is 2.00 bits per heavy atom. The lowest BCUT2D eigenvalue weighted by molar-refractivity contribution is -0.137. The average Bonchev–Trinajstić information content (AvgIpc) is 2.41. The summed E-state index contributed by atoms with van der Waals surface area (Å²) in [4.78, 5) is 24.2. The molecule has 1 unspecified atom stereocenters. The predicted octanol–water partition coefficient (Wildman–Crippen LogP) is 2.57. The number of carbonyl (C=O) groups excluding carboxylic acids is 1. The van der Waals surface area contributed by atoms with Gasteiger partial charge in [-0.2, -0.15) is 0 Å². The predicted molar refractivity (Wildman–Crippen MR) is 83.9 cm³/mol. The third-order valence-electron chi connectivity index (χ3n) is 3.53. The molecule has 1 atom stereocenters. The first-order valence-electron chi connectivity index (χ1n) is 7.60. The van der Waals surface area contributed by atoms with Gasteiger partial charge in [-0.25, -0.2) is 4.79 Å². The Bertz CT molecular complexity index is 361. The fourth-order valence-corrected chi connectivity index (χ4v) is 2.23. The Kier molecular flexibility index (Phi) is 10.1. The first-order chi connectivity index (χ1) is 9.92. The van der Waals surface area contributed by atoms with Crippen molar-refractivity contribution in [2.45, 2.75) is 46.5 Å². The van der Waals surface area contributed by atoms with E-state index < -0.39 is 5.97 Å². The molecule has 0 aromatic carbocycles. The first kappa shape index (κ1) is 19.3. The number of carboxylic acids is 1. The number of hydrogen-bond donors (Lipinski definition) is 2. The average molecular weight is 296 g/mol. The Balaban J connectivity index is 4.20. The quantitative estimate of drug-likeness (QED) is 0.609. The monoisotopic (exact) mass is 296 g/mol. The number of urea groups is 1. The van der Waals surface area contributed by atoms with Crippen molar-refractivity contribution in [2.24, 2.45) is 11.8 Å². The van der Waals surface area contributed by atoms with E-state index in [0.717, 1.165) is 12.8 Å². The lowest BCUT2D eigenvalue weighted by atomic mass is 9.88. The summed E-state index contributed by atoms with van der Waals surface area (Å²) in [7, 11) is 0. The normalized spacial score (nSPS) is 11.8. The number of carboxylic acid groups (broad SMARTS) is 1. The molecule has 0 saturated carbocycles. The van der Waals surface area contributed by atoms with E-state index in [0.29, 0.717) is 37.9 Å². The van der Waals surface area contributed by atoms with E-state index in [1.807, 2.05) is 6.92 Å². The largest absolute Gasteiger partial charge is 0.481 e. The third kappa shape index (κ3) is 8.96. The smallest absolute Gasteiger partial charge is 0.318 e. The van der Waals surface area contributed by atoms with Crippen LogP contribution in [0, 0.1) is 24.2 Å². The molecule has 2 N–H and O–H groups in total. The minimum absolute atomic E-state index is 0.143. The van der Waals surface area contributed by atoms with E-state index in [2.05, 4.69) is 25.1 Å². The summed E-state index contributed by atoms with van der Waals surface area (Å²) in [6, 6.07) is -0.143. The molecule has 0 aliphatic heterocycles. The van der Waals surface area contributed by atoms with Gasteiger partial charge in [-0.1, -0.05) is 26.7 Å². The van der Waals surface area contributed by atoms with Gasteiger partial charge in [0.05, 0.1) is 6.54 Å². The van der Waals surface area contributed by atoms with Gasteiger partial charge >= 0.3 is 12.0 Å². The number of amides is 2. The molecular weight excluding hydrogens is 268 g/mol. The molecule has 0 rings (SSSR count). The fraction of sp³-hybridized carbons (Fsp3) is 0.750. The number of nitrogens with one attached hydrogen (secondary N) is 1. The lowest BCUT2D eigenvalue weighted by Crippen LogP contribution is -2.41. The molecule has 0 aliphatic carbocycles. The summed E-state index contributed by atoms with van der Waals surface area (Å²) in [5.41, 5.74) is 0. The van der Waals surface area contributed by atoms with Gasteiger partial charge in [0.1, 0.15) is 0 Å². The van der Waals surface area contributed by atoms with Crippen molar-refractivity contribution >= 4 is 12.0 Å². The molecule has 0 aromatic rings. The van der Waals surface area contributed by atoms with E-state index in [4.69, 9.17) is 11.5 Å². The molecule has 0 aromatic heterocycles. The number of nitrogens with zero attached hydrogens (tertiary/aromatic N) is 1. The van der Waals surface area contributed by atoms with Crippen LogP contribution in [0.3, 0.4) is 0 Å². The van der Waals surface area contributed by atoms with E-state index in [-0.39, 0.29) is 12.5 Å². The van der Waals surface area contributed by atoms with Crippen molar-refractivity contribution in [2.75, 3.05) is 19.6 Å². The summed E-state index contributed by atoms with van der Waals surface area (Å²) >= 11 is 0. The zero-order valence-electron chi connectivity index (χ0n) is 13.4. The highest BCUT2D eigenvalue weighted by atomic mass is 16.4. The zero-order valence-corrected chi connectivity index (χ0v) is 13.4. The van der Waals surface area contributed by atoms with Crippen LogP contribution in [-0.2, 0) is 4.79 Å². The molecule has 0 aliphatic rings. The first-order valence-corrected chi connectivity index (χ1v) is 7.60. The molecule has 5 nitrogen and oxygen atoms in total. The van der Waals surface area contributed by atoms with Crippen LogP contribution in [0.4, 0.5) is 4.79 Å². The molecule has 0 saturated heterocycles. The van der Waals surface area contributed by atoms with E-state index in [1.165, 1.54) is 0 Å². The SMILES string of the molecule is C#CCN(CCC)C(=O)NCCC(CCC(=O)O)C(C)C. The van der Waals surface area contributed by atoms with Crippen molar-refractivity contribution in [1.29, 1.82) is 0 Å². The molecule has 21 heavy (non-hydrogen) atoms. The van der Waals surface area contributed by atoms with Crippen molar-refractivity contribution in [3.63, 3.8) is 0 Å². The van der Waals surface area contributed by atoms with Crippen molar-refractivity contribution in [1.82, 2.24) is 10.2 Å². The fourth-order valence-electron chi connectivity index (χ4n) is 2.23. The number of carbonyl (C=O) groups is 2. The van der Waals surface area contributed by atoms with E-state index in [1.54, 1.807) is 4.90 Å². The van der Waals surface area contributed by atoms with Crippen LogP contribution in [0.1, 0.15) is 46.5 Å². The maximum atomic E-state index is 12.0. The summed E-state index contributed by atoms with van der Waals surface area (Å²) in [5, 5.41) is 11.6. The van der Waals surface area contributed by atoms with Gasteiger partial charge in [-0.05, 0) is 31.1 Å². The number of aliphatic carboxylic acids is 1. The number of terminal acetylenes is 1. The van der Waals surface area contributed by atoms with Crippen LogP contribution >= 0.6 is 0 Å². The van der Waals surface area contributed by atoms with Gasteiger partial charge in [0.25, 0.3) is 0 Å². The maximum Gasteiger partial charge on any atom is 0.318 e. The van der Waals surface area contributed by atoms with Gasteiger partial charge in [-0.3, -0.25) is 4.79 Å². The summed E-state index contributed by atoms with van der Waals surface area (Å²) in [6.45, 7) is 7.66. The highest BCUT2D eigenvalue weighted by Gasteiger charge is 2.16. The second-order valence-electron chi connectivity index (χ2n) is 5.58. The Morgan fingerprint density at radius 1 is 1.33 bits per heavy atom. The van der Waals surface area contributed by atoms with Gasteiger partial charge in [-0.15, -0.1) is 6.42 Å². The van der Waals surface area contributed by atoms with Crippen LogP contribution in [0.15, 0.2) is 0 Å². The standard InChI is InChI=1S/C16H28N2O3/c1-5-11-18(12-6-2)16(21)17-10-9-14(13(3)4)7-8-15(19)20/h1,13-14H,6-12H2,2-4H3,(H,17,21)(H,19,20). The second-order valence-corrected chi connectivity index (χ2v) is 5.58. The number of hydrogen-bond acceptors (Lipinski definition) is 2. The van der Waals surface area contributed by atoms with Crippen molar-refractivity contribution in [3.8, 4) is 12.3 Å². The molecule has 0 spiro atoms. The minimum Gasteiger partial charge on any atom is -0.481 e. The van der Waals surface area contributed by atoms with Crippen LogP contribution < -0.4 is 5.32 Å². The Hall–Kier alpha value is -1.70. The molecular formula is C16H28N2O3. The third-order valence-corrected chi connectivity index (χ3v) is 3.53. The van der Waals surface area contributed by atoms with Crippen LogP contribution in [0.5, 0.6) is 0 Å². The Morgan fingerprint density at radius 3 is 2.48 bits per heavy atom. The summed E-state index contributed by atoms with van der Waals surface area (Å²) in [6.07, 6.45) is 7.72. The van der Waals surface area contributed by atoms with Gasteiger partial charge in [0, 0.05) is 19.5 Å². The van der Waals surface area contributed by atoms with Gasteiger partial charge < -0.3 is 15.3 Å². The molecule has 0 fully saturated rings. The van der Waals surface area contributed by atoms with Gasteiger partial charge in [0.2, 0.25) is 0 Å². The van der Waals surface area contributed by atoms with Crippen LogP contribution in [0.2, 0.25) is 0 Å². The van der Waals surface area contributed by atoms with Crippen LogP contribution in [-0.4, -0.2) is 41.6 Å². The van der Waals surface area contributed by atoms with E-state index in [9.17, 15) is 9.59 Å². The lowest BCUT2D eigenvalue weighted by Gasteiger charge is -2.23. The Labute approximate surface area is 128 Å². The zero-order chi connectivity index (χ0) is 16.3. The molecule has 0 heterocycles. The molecule has 120 valence electrons. The molecule has 2 amide bonds. The maximum absolute atomic E-state index is 12.0. The molecule has 0 bridgehead atoms. The minimum atomic E-state index is -0.771. The molecule has 5 heteroatoms. The highest BCUT2D eigenvalue weighted by molar-refractivity contribution is 5.74. The second kappa shape index (κ2) is 11.0. The van der Waals surface area contributed by atoms with E-state index >= 15 is 0 Å². The van der Waals surface area contributed by atoms with Crippen molar-refractivity contribution in [3.05, 3.63) is 0 Å². The number of rotatable bonds is 10. The highest BCUT2D eigenvalue weighted by Crippen LogP contribution is 2.20. The van der Waals surface area contributed by atoms with Gasteiger partial charge in [0.15, 0.2) is 0 Å².